The van der Waals surface area contributed by atoms with Gasteiger partial charge in [-0.1, -0.05) is 6.07 Å². The van der Waals surface area contributed by atoms with Crippen molar-refractivity contribution in [3.05, 3.63) is 29.3 Å². The Kier molecular flexibility index (Phi) is 5.86. The Bertz CT molecular complexity index is 401. The van der Waals surface area contributed by atoms with Gasteiger partial charge in [-0.3, -0.25) is 0 Å². The number of hydrogen-bond acceptors (Lipinski definition) is 3. The maximum absolute atomic E-state index is 11.0. The molecule has 0 heterocycles. The Morgan fingerprint density at radius 3 is 2.72 bits per heavy atom. The molecule has 0 unspecified atom stereocenters. The molecule has 100 valence electrons. The van der Waals surface area contributed by atoms with Gasteiger partial charge in [0.2, 0.25) is 0 Å². The van der Waals surface area contributed by atoms with Crippen molar-refractivity contribution in [2.75, 3.05) is 13.6 Å². The second-order valence-electron chi connectivity index (χ2n) is 4.84. The molecule has 0 bridgehead atoms. The summed E-state index contributed by atoms with van der Waals surface area (Å²) >= 11 is 0. The van der Waals surface area contributed by atoms with Crippen molar-refractivity contribution in [3.63, 3.8) is 0 Å². The summed E-state index contributed by atoms with van der Waals surface area (Å²) in [6, 6.07) is 6.17. The van der Waals surface area contributed by atoms with Crippen LogP contribution in [0.4, 0.5) is 0 Å². The molecule has 3 nitrogen and oxygen atoms in total. The first kappa shape index (κ1) is 14.7. The summed E-state index contributed by atoms with van der Waals surface area (Å²) in [7, 11) is 1.91. The molecule has 0 aliphatic heterocycles. The molecule has 0 spiro atoms. The number of ketones is 1. The quantitative estimate of drug-likeness (QED) is 0.807. The molecule has 0 fully saturated rings. The van der Waals surface area contributed by atoms with Crippen molar-refractivity contribution in [2.45, 2.75) is 39.7 Å². The van der Waals surface area contributed by atoms with Crippen LogP contribution in [0, 0.1) is 6.92 Å². The Labute approximate surface area is 110 Å². The van der Waals surface area contributed by atoms with E-state index < -0.39 is 0 Å². The fraction of sp³-hybridized carbons (Fsp3) is 0.533. The number of carbonyl (C=O) groups excluding carboxylic acids is 1. The van der Waals surface area contributed by atoms with Crippen LogP contribution >= 0.6 is 0 Å². The lowest BCUT2D eigenvalue weighted by Gasteiger charge is -2.15. The zero-order chi connectivity index (χ0) is 13.5. The highest BCUT2D eigenvalue weighted by molar-refractivity contribution is 5.75. The fourth-order valence-corrected chi connectivity index (χ4v) is 1.92. The Morgan fingerprint density at radius 2 is 2.11 bits per heavy atom. The predicted molar refractivity (Wildman–Crippen MR) is 74.2 cm³/mol. The molecule has 3 heteroatoms. The van der Waals surface area contributed by atoms with Crippen LogP contribution in [0.5, 0.6) is 5.75 Å². The fourth-order valence-electron chi connectivity index (χ4n) is 1.92. The maximum Gasteiger partial charge on any atom is 0.130 e. The van der Waals surface area contributed by atoms with Crippen LogP contribution in [0.1, 0.15) is 31.4 Å². The number of likely N-dealkylation sites (N-methyl/N-ethyl adjacent to an activating group) is 1. The summed E-state index contributed by atoms with van der Waals surface area (Å²) in [6.45, 7) is 6.53. The van der Waals surface area contributed by atoms with Gasteiger partial charge in [0.15, 0.2) is 0 Å². The number of ether oxygens (including phenoxy) is 1. The average molecular weight is 249 g/mol. The first-order chi connectivity index (χ1) is 8.51. The van der Waals surface area contributed by atoms with E-state index >= 15 is 0 Å². The second kappa shape index (κ2) is 7.17. The van der Waals surface area contributed by atoms with Gasteiger partial charge in [0.1, 0.15) is 17.6 Å². The number of Topliss-reactive ketones (excluding diaryl/α,β-unsaturated/α-hetero) is 1. The van der Waals surface area contributed by atoms with E-state index in [4.69, 9.17) is 4.74 Å². The summed E-state index contributed by atoms with van der Waals surface area (Å²) in [5, 5.41) is 3.09. The third-order valence-electron chi connectivity index (χ3n) is 2.71. The standard InChI is InChI=1S/C15H23NO2/c1-11-7-14(6-5-12(2)17)9-15(8-11)18-13(3)10-16-4/h7-9,13,16H,5-6,10H2,1-4H3/t13-/m0/s1. The van der Waals surface area contributed by atoms with Crippen LogP contribution in [0.25, 0.3) is 0 Å². The molecule has 0 aromatic heterocycles. The lowest BCUT2D eigenvalue weighted by Crippen LogP contribution is -2.26. The molecule has 1 aromatic carbocycles. The minimum atomic E-state index is 0.137. The number of rotatable bonds is 7. The molecule has 0 saturated heterocycles. The molecular formula is C15H23NO2. The third kappa shape index (κ3) is 5.32. The molecular weight excluding hydrogens is 226 g/mol. The SMILES string of the molecule is CNC[C@H](C)Oc1cc(C)cc(CCC(C)=O)c1. The normalized spacial score (nSPS) is 12.2. The molecule has 1 rings (SSSR count). The third-order valence-corrected chi connectivity index (χ3v) is 2.71. The summed E-state index contributed by atoms with van der Waals surface area (Å²) in [5.74, 6) is 1.11. The van der Waals surface area contributed by atoms with Crippen LogP contribution in [0.15, 0.2) is 18.2 Å². The lowest BCUT2D eigenvalue weighted by atomic mass is 10.1. The van der Waals surface area contributed by atoms with Crippen molar-refractivity contribution >= 4 is 5.78 Å². The molecule has 0 radical (unpaired) electrons. The second-order valence-corrected chi connectivity index (χ2v) is 4.84. The summed E-state index contributed by atoms with van der Waals surface area (Å²) in [5.41, 5.74) is 2.33. The van der Waals surface area contributed by atoms with E-state index in [0.717, 1.165) is 24.3 Å². The average Bonchev–Trinajstić information content (AvgIpc) is 2.25. The van der Waals surface area contributed by atoms with E-state index in [1.807, 2.05) is 33.0 Å². The smallest absolute Gasteiger partial charge is 0.130 e. The van der Waals surface area contributed by atoms with Crippen molar-refractivity contribution in [3.8, 4) is 5.75 Å². The maximum atomic E-state index is 11.0. The molecule has 1 aromatic rings. The van der Waals surface area contributed by atoms with E-state index in [2.05, 4.69) is 11.4 Å². The zero-order valence-electron chi connectivity index (χ0n) is 11.7. The van der Waals surface area contributed by atoms with Crippen LogP contribution < -0.4 is 10.1 Å². The monoisotopic (exact) mass is 249 g/mol. The zero-order valence-corrected chi connectivity index (χ0v) is 11.7. The summed E-state index contributed by atoms with van der Waals surface area (Å²) in [4.78, 5) is 11.0. The molecule has 1 atom stereocenters. The minimum absolute atomic E-state index is 0.137. The van der Waals surface area contributed by atoms with E-state index in [0.29, 0.717) is 6.42 Å². The van der Waals surface area contributed by atoms with E-state index in [9.17, 15) is 4.79 Å². The minimum Gasteiger partial charge on any atom is -0.489 e. The van der Waals surface area contributed by atoms with Gasteiger partial charge < -0.3 is 14.8 Å². The summed E-state index contributed by atoms with van der Waals surface area (Å²) < 4.78 is 5.84. The van der Waals surface area contributed by atoms with Gasteiger partial charge in [-0.15, -0.1) is 0 Å². The predicted octanol–water partition coefficient (Wildman–Crippen LogP) is 2.50. The van der Waals surface area contributed by atoms with Gasteiger partial charge in [0.05, 0.1) is 0 Å². The Hall–Kier alpha value is -1.35. The van der Waals surface area contributed by atoms with Crippen molar-refractivity contribution in [1.29, 1.82) is 0 Å². The van der Waals surface area contributed by atoms with Gasteiger partial charge >= 0.3 is 0 Å². The highest BCUT2D eigenvalue weighted by Crippen LogP contribution is 2.19. The molecule has 0 aliphatic rings. The van der Waals surface area contributed by atoms with Crippen molar-refractivity contribution < 1.29 is 9.53 Å². The topological polar surface area (TPSA) is 38.3 Å². The number of nitrogens with one attached hydrogen (secondary N) is 1. The van der Waals surface area contributed by atoms with Gasteiger partial charge in [-0.05, 0) is 57.5 Å². The number of aryl methyl sites for hydroxylation is 2. The van der Waals surface area contributed by atoms with Gasteiger partial charge in [-0.2, -0.15) is 0 Å². The first-order valence-corrected chi connectivity index (χ1v) is 6.42. The largest absolute Gasteiger partial charge is 0.489 e. The Morgan fingerprint density at radius 1 is 1.39 bits per heavy atom. The van der Waals surface area contributed by atoms with Crippen LogP contribution in [-0.4, -0.2) is 25.5 Å². The van der Waals surface area contributed by atoms with E-state index in [-0.39, 0.29) is 11.9 Å². The van der Waals surface area contributed by atoms with Crippen LogP contribution in [-0.2, 0) is 11.2 Å². The van der Waals surface area contributed by atoms with Crippen molar-refractivity contribution in [1.82, 2.24) is 5.32 Å². The highest BCUT2D eigenvalue weighted by atomic mass is 16.5. The molecule has 0 aliphatic carbocycles. The van der Waals surface area contributed by atoms with E-state index in [1.165, 1.54) is 5.56 Å². The van der Waals surface area contributed by atoms with Crippen LogP contribution in [0.3, 0.4) is 0 Å². The molecule has 18 heavy (non-hydrogen) atoms. The van der Waals surface area contributed by atoms with Crippen molar-refractivity contribution in [2.24, 2.45) is 0 Å². The number of benzene rings is 1. The molecule has 0 amide bonds. The van der Waals surface area contributed by atoms with Gasteiger partial charge in [0, 0.05) is 13.0 Å². The van der Waals surface area contributed by atoms with E-state index in [1.54, 1.807) is 6.92 Å². The van der Waals surface area contributed by atoms with Crippen LogP contribution in [0.2, 0.25) is 0 Å². The lowest BCUT2D eigenvalue weighted by molar-refractivity contribution is -0.116. The van der Waals surface area contributed by atoms with Gasteiger partial charge in [-0.25, -0.2) is 0 Å². The van der Waals surface area contributed by atoms with Gasteiger partial charge in [0.25, 0.3) is 0 Å². The molecule has 1 N–H and O–H groups in total. The molecule has 0 saturated carbocycles. The number of hydrogen-bond donors (Lipinski definition) is 1. The Balaban J connectivity index is 2.70. The first-order valence-electron chi connectivity index (χ1n) is 6.42. The highest BCUT2D eigenvalue weighted by Gasteiger charge is 2.05. The summed E-state index contributed by atoms with van der Waals surface area (Å²) in [6.07, 6.45) is 1.51. The number of carbonyl (C=O) groups is 1.